The largest absolute Gasteiger partial charge is 0.477 e. The maximum Gasteiger partial charge on any atom is 0.353 e. The molecule has 0 saturated carbocycles. The highest BCUT2D eigenvalue weighted by Gasteiger charge is 2.53. The molecule has 2 aromatic heterocycles. The Bertz CT molecular complexity index is 1250. The quantitative estimate of drug-likeness (QED) is 0.0724. The van der Waals surface area contributed by atoms with Gasteiger partial charge in [0.2, 0.25) is 5.13 Å². The Balaban J connectivity index is 1.43. The lowest BCUT2D eigenvalue weighted by molar-refractivity contribution is -0.155. The van der Waals surface area contributed by atoms with E-state index in [2.05, 4.69) is 31.0 Å². The van der Waals surface area contributed by atoms with E-state index in [1.54, 1.807) is 7.05 Å². The number of nitrogens with zero attached hydrogens (tertiary/aromatic N) is 5. The number of anilines is 2. The number of halogens is 1. The summed E-state index contributed by atoms with van der Waals surface area (Å²) >= 11 is 11.0. The number of β-lactam (4-membered cyclic amide) rings is 1. The van der Waals surface area contributed by atoms with E-state index in [-0.39, 0.29) is 20.9 Å². The number of amides is 2. The van der Waals surface area contributed by atoms with Gasteiger partial charge in [-0.25, -0.2) is 9.78 Å². The zero-order valence-electron chi connectivity index (χ0n) is 17.7. The van der Waals surface area contributed by atoms with Crippen LogP contribution in [-0.2, 0) is 14.4 Å². The Labute approximate surface area is 219 Å². The molecule has 0 bridgehead atoms. The molecule has 13 nitrogen and oxygen atoms in total. The molecule has 0 aliphatic carbocycles. The van der Waals surface area contributed by atoms with Gasteiger partial charge in [0.05, 0.1) is 11.1 Å². The molecule has 6 N–H and O–H groups in total. The molecule has 4 rings (SSSR count). The molecular formula is C17H17ClN8O5S4. The molecule has 35 heavy (non-hydrogen) atoms. The Morgan fingerprint density at radius 1 is 1.34 bits per heavy atom. The van der Waals surface area contributed by atoms with Crippen LogP contribution >= 0.6 is 57.8 Å². The summed E-state index contributed by atoms with van der Waals surface area (Å²) in [6.45, 7) is 0. The van der Waals surface area contributed by atoms with Gasteiger partial charge in [0.25, 0.3) is 11.8 Å². The van der Waals surface area contributed by atoms with Gasteiger partial charge in [0, 0.05) is 12.0 Å². The first-order valence-corrected chi connectivity index (χ1v) is 13.7. The van der Waals surface area contributed by atoms with Gasteiger partial charge in [-0.2, -0.15) is 0 Å². The third-order valence-corrected chi connectivity index (χ3v) is 9.50. The number of carbonyl (C=O) groups is 3. The van der Waals surface area contributed by atoms with Crippen molar-refractivity contribution in [2.45, 2.75) is 29.3 Å². The summed E-state index contributed by atoms with van der Waals surface area (Å²) in [7, 11) is 1.74. The van der Waals surface area contributed by atoms with Crippen molar-refractivity contribution in [2.75, 3.05) is 23.2 Å². The fourth-order valence-corrected chi connectivity index (χ4v) is 7.72. The highest BCUT2D eigenvalue weighted by molar-refractivity contribution is 8.18. The highest BCUT2D eigenvalue weighted by atomic mass is 35.5. The van der Waals surface area contributed by atoms with Crippen LogP contribution in [0.15, 0.2) is 20.1 Å². The Morgan fingerprint density at radius 3 is 2.71 bits per heavy atom. The molecule has 0 aromatic carbocycles. The summed E-state index contributed by atoms with van der Waals surface area (Å²) in [4.78, 5) is 43.2. The van der Waals surface area contributed by atoms with E-state index < -0.39 is 35.6 Å². The Hall–Kier alpha value is -2.60. The molecule has 2 atom stereocenters. The molecule has 186 valence electrons. The number of carboxylic acids is 1. The number of nitrogen functional groups attached to an aromatic ring is 1. The molecular weight excluding hydrogens is 560 g/mol. The van der Waals surface area contributed by atoms with Crippen molar-refractivity contribution in [3.8, 4) is 0 Å². The monoisotopic (exact) mass is 576 g/mol. The first-order chi connectivity index (χ1) is 16.7. The van der Waals surface area contributed by atoms with Crippen LogP contribution in [0, 0.1) is 0 Å². The van der Waals surface area contributed by atoms with Crippen LogP contribution < -0.4 is 16.4 Å². The lowest BCUT2D eigenvalue weighted by atomic mass is 9.86. The summed E-state index contributed by atoms with van der Waals surface area (Å²) in [5.41, 5.74) is 4.87. The number of hydrogen-bond donors (Lipinski definition) is 5. The number of thiazole rings is 1. The number of thioether (sulfide) groups is 2. The zero-order chi connectivity index (χ0) is 25.3. The van der Waals surface area contributed by atoms with Crippen LogP contribution in [0.1, 0.15) is 18.5 Å². The maximum absolute atomic E-state index is 12.9. The summed E-state index contributed by atoms with van der Waals surface area (Å²) in [5, 5.41) is 36.7. The number of nitrogens with one attached hydrogen (secondary N) is 2. The van der Waals surface area contributed by atoms with Crippen molar-refractivity contribution >= 4 is 91.6 Å². The van der Waals surface area contributed by atoms with Gasteiger partial charge in [-0.05, 0) is 12.8 Å². The first kappa shape index (κ1) is 25.5. The normalized spacial score (nSPS) is 19.9. The second kappa shape index (κ2) is 10.6. The van der Waals surface area contributed by atoms with Crippen LogP contribution in [0.25, 0.3) is 0 Å². The molecule has 4 heterocycles. The van der Waals surface area contributed by atoms with Gasteiger partial charge in [-0.15, -0.1) is 22.0 Å². The van der Waals surface area contributed by atoms with Crippen molar-refractivity contribution in [2.24, 2.45) is 5.16 Å². The van der Waals surface area contributed by atoms with Crippen LogP contribution in [0.4, 0.5) is 10.3 Å². The van der Waals surface area contributed by atoms with Gasteiger partial charge >= 0.3 is 5.97 Å². The average Bonchev–Trinajstić information content (AvgIpc) is 3.42. The molecule has 1 fully saturated rings. The van der Waals surface area contributed by atoms with Crippen molar-refractivity contribution in [3.63, 3.8) is 0 Å². The number of aliphatic carboxylic acids is 1. The first-order valence-electron chi connectivity index (χ1n) is 9.76. The van der Waals surface area contributed by atoms with Crippen molar-refractivity contribution in [1.29, 1.82) is 0 Å². The van der Waals surface area contributed by atoms with Gasteiger partial charge in [-0.3, -0.25) is 14.5 Å². The molecule has 2 aliphatic heterocycles. The topological polar surface area (TPSA) is 196 Å². The second-order valence-electron chi connectivity index (χ2n) is 7.00. The predicted octanol–water partition coefficient (Wildman–Crippen LogP) is 1.72. The number of carbonyl (C=O) groups excluding carboxylic acids is 2. The second-order valence-corrected chi connectivity index (χ2v) is 12.3. The van der Waals surface area contributed by atoms with E-state index in [4.69, 9.17) is 17.3 Å². The number of hydrogen-bond acceptors (Lipinski definition) is 14. The maximum atomic E-state index is 12.9. The fourth-order valence-electron chi connectivity index (χ4n) is 3.56. The van der Waals surface area contributed by atoms with E-state index in [1.165, 1.54) is 39.8 Å². The van der Waals surface area contributed by atoms with Crippen LogP contribution in [0.2, 0.25) is 4.34 Å². The number of nitrogens with two attached hydrogens (primary N) is 1. The predicted molar refractivity (Wildman–Crippen MR) is 134 cm³/mol. The summed E-state index contributed by atoms with van der Waals surface area (Å²) < 4.78 is 0.787. The Morgan fingerprint density at radius 2 is 2.11 bits per heavy atom. The highest BCUT2D eigenvalue weighted by Crippen LogP contribution is 2.42. The number of oxime groups is 1. The molecule has 2 unspecified atom stereocenters. The molecule has 2 amide bonds. The van der Waals surface area contributed by atoms with E-state index >= 15 is 0 Å². The average molecular weight is 577 g/mol. The smallest absolute Gasteiger partial charge is 0.353 e. The zero-order valence-corrected chi connectivity index (χ0v) is 21.7. The molecule has 2 aliphatic rings. The lowest BCUT2D eigenvalue weighted by Gasteiger charge is -2.50. The number of fused-ring (bicyclic) bond motifs is 1. The van der Waals surface area contributed by atoms with Crippen molar-refractivity contribution in [3.05, 3.63) is 20.6 Å². The number of aromatic nitrogens is 3. The summed E-state index contributed by atoms with van der Waals surface area (Å²) in [5.74, 6) is -2.68. The summed E-state index contributed by atoms with van der Waals surface area (Å²) in [6, 6.07) is -1.53. The van der Waals surface area contributed by atoms with Gasteiger partial charge in [0.1, 0.15) is 21.8 Å². The van der Waals surface area contributed by atoms with Gasteiger partial charge in [0.15, 0.2) is 15.2 Å². The van der Waals surface area contributed by atoms with Crippen molar-refractivity contribution in [1.82, 2.24) is 25.4 Å². The third kappa shape index (κ3) is 5.04. The molecule has 18 heteroatoms. The van der Waals surface area contributed by atoms with Crippen LogP contribution in [0.5, 0.6) is 0 Å². The van der Waals surface area contributed by atoms with E-state index in [0.717, 1.165) is 15.7 Å². The molecule has 1 saturated heterocycles. The molecule has 0 radical (unpaired) electrons. The Kier molecular flexibility index (Phi) is 7.70. The molecule has 0 spiro atoms. The van der Waals surface area contributed by atoms with Crippen LogP contribution in [0.3, 0.4) is 0 Å². The van der Waals surface area contributed by atoms with Crippen molar-refractivity contribution < 1.29 is 24.7 Å². The van der Waals surface area contributed by atoms with E-state index in [1.807, 2.05) is 0 Å². The van der Waals surface area contributed by atoms with Crippen LogP contribution in [-0.4, -0.2) is 78.1 Å². The lowest BCUT2D eigenvalue weighted by Crippen LogP contribution is -2.72. The molecule has 2 aromatic rings. The minimum absolute atomic E-state index is 0.0519. The fraction of sp³-hybridized carbons (Fsp3) is 0.353. The number of carboxylic acid groups (broad SMARTS) is 1. The standard InChI is InChI=1S/C17H17ClN8O5S4/c1-20-16-23-24-17(35-16)33-4-32-6-3-2-5-7(13(28)26(5)10(6)14(29)30)21-12(27)9(25-31)8-11(18)34-15(19)22-8/h5,7,31H,2-4H2,1H3,(H2,19,22)(H,20,23)(H,21,27)(H,29,30)/b25-9-. The third-order valence-electron chi connectivity index (χ3n) is 5.06. The summed E-state index contributed by atoms with van der Waals surface area (Å²) in [6.07, 6.45) is 0.861. The minimum Gasteiger partial charge on any atom is -0.477 e. The van der Waals surface area contributed by atoms with Gasteiger partial charge in [-0.1, -0.05) is 51.2 Å². The number of rotatable bonds is 9. The minimum atomic E-state index is -1.23. The van der Waals surface area contributed by atoms with E-state index in [0.29, 0.717) is 28.0 Å². The number of allylic oxidation sites excluding steroid dienone is 1. The van der Waals surface area contributed by atoms with E-state index in [9.17, 15) is 24.7 Å². The van der Waals surface area contributed by atoms with Gasteiger partial charge < -0.3 is 26.7 Å². The SMILES string of the molecule is CNc1nnc(SCSC2=C(C(=O)O)N3C(=O)C(NC(=O)/C(=N\O)c4nc(N)sc4Cl)C3CC2)s1.